The van der Waals surface area contributed by atoms with Crippen molar-refractivity contribution in [3.63, 3.8) is 0 Å². The van der Waals surface area contributed by atoms with Crippen molar-refractivity contribution < 1.29 is 19.2 Å². The fourth-order valence-electron chi connectivity index (χ4n) is 1.58. The minimum atomic E-state index is -0.758. The monoisotopic (exact) mass is 272 g/mol. The number of hydrogen-bond acceptors (Lipinski definition) is 5. The molecule has 0 aliphatic rings. The summed E-state index contributed by atoms with van der Waals surface area (Å²) < 4.78 is 18.6. The van der Waals surface area contributed by atoms with Gasteiger partial charge in [0.15, 0.2) is 11.6 Å². The maximum Gasteiger partial charge on any atom is 0.313 e. The molecule has 0 bridgehead atoms. The third kappa shape index (κ3) is 3.54. The number of halogens is 1. The number of ether oxygens (including phenoxy) is 1. The van der Waals surface area contributed by atoms with Crippen LogP contribution in [-0.2, 0) is 0 Å². The minimum Gasteiger partial charge on any atom is -0.490 e. The van der Waals surface area contributed by atoms with Crippen LogP contribution in [0.3, 0.4) is 0 Å². The summed E-state index contributed by atoms with van der Waals surface area (Å²) in [6, 6.07) is 1.68. The number of nitro groups is 1. The summed E-state index contributed by atoms with van der Waals surface area (Å²) in [5.41, 5.74) is -0.370. The van der Waals surface area contributed by atoms with E-state index in [1.165, 1.54) is 13.2 Å². The molecule has 0 heterocycles. The zero-order chi connectivity index (χ0) is 14.6. The Morgan fingerprint density at radius 2 is 2.16 bits per heavy atom. The van der Waals surface area contributed by atoms with E-state index in [0.717, 1.165) is 6.07 Å². The van der Waals surface area contributed by atoms with Crippen molar-refractivity contribution >= 4 is 11.4 Å². The Morgan fingerprint density at radius 1 is 1.53 bits per heavy atom. The van der Waals surface area contributed by atoms with E-state index in [-0.39, 0.29) is 30.0 Å². The zero-order valence-corrected chi connectivity index (χ0v) is 11.0. The molecule has 1 atom stereocenters. The summed E-state index contributed by atoms with van der Waals surface area (Å²) in [5.74, 6) is -0.716. The Kier molecular flexibility index (Phi) is 5.05. The molecular formula is C12H17FN2O4. The SMILES string of the molecule is COc1cc(NC(CO)C(C)C)c(F)cc1[N+](=O)[O-]. The first-order valence-corrected chi connectivity index (χ1v) is 5.80. The first-order chi connectivity index (χ1) is 8.90. The van der Waals surface area contributed by atoms with Crippen LogP contribution in [0.4, 0.5) is 15.8 Å². The van der Waals surface area contributed by atoms with Crippen LogP contribution in [0.1, 0.15) is 13.8 Å². The maximum atomic E-state index is 13.8. The van der Waals surface area contributed by atoms with Gasteiger partial charge in [0.2, 0.25) is 0 Å². The Hall–Kier alpha value is -1.89. The van der Waals surface area contributed by atoms with Gasteiger partial charge >= 0.3 is 5.69 Å². The molecule has 1 aromatic carbocycles. The Labute approximate surface area is 110 Å². The lowest BCUT2D eigenvalue weighted by atomic mass is 10.0. The Bertz CT molecular complexity index is 465. The number of rotatable bonds is 6. The normalized spacial score (nSPS) is 12.3. The molecule has 1 aromatic rings. The Balaban J connectivity index is 3.12. The van der Waals surface area contributed by atoms with Gasteiger partial charge in [0.1, 0.15) is 0 Å². The van der Waals surface area contributed by atoms with E-state index < -0.39 is 16.4 Å². The number of nitro benzene ring substituents is 1. The van der Waals surface area contributed by atoms with E-state index >= 15 is 0 Å². The van der Waals surface area contributed by atoms with Gasteiger partial charge in [-0.15, -0.1) is 0 Å². The molecule has 2 N–H and O–H groups in total. The fourth-order valence-corrected chi connectivity index (χ4v) is 1.58. The van der Waals surface area contributed by atoms with Gasteiger partial charge in [0, 0.05) is 6.07 Å². The van der Waals surface area contributed by atoms with Gasteiger partial charge in [-0.2, -0.15) is 0 Å². The second-order valence-electron chi connectivity index (χ2n) is 4.44. The first-order valence-electron chi connectivity index (χ1n) is 5.80. The van der Waals surface area contributed by atoms with Crippen LogP contribution in [0.25, 0.3) is 0 Å². The summed E-state index contributed by atoms with van der Waals surface area (Å²) >= 11 is 0. The van der Waals surface area contributed by atoms with Crippen LogP contribution in [-0.4, -0.2) is 29.8 Å². The van der Waals surface area contributed by atoms with Crippen molar-refractivity contribution in [1.29, 1.82) is 0 Å². The highest BCUT2D eigenvalue weighted by Crippen LogP contribution is 2.32. The van der Waals surface area contributed by atoms with Crippen LogP contribution < -0.4 is 10.1 Å². The standard InChI is InChI=1S/C12H17FN2O4/c1-7(2)10(6-16)14-9-5-12(19-3)11(15(17)18)4-8(9)13/h4-5,7,10,14,16H,6H2,1-3H3. The molecule has 0 amide bonds. The third-order valence-electron chi connectivity index (χ3n) is 2.81. The molecule has 0 saturated heterocycles. The van der Waals surface area contributed by atoms with E-state index in [1.54, 1.807) is 0 Å². The van der Waals surface area contributed by atoms with Crippen LogP contribution in [0.15, 0.2) is 12.1 Å². The van der Waals surface area contributed by atoms with E-state index in [0.29, 0.717) is 0 Å². The first kappa shape index (κ1) is 15.2. The number of nitrogens with zero attached hydrogens (tertiary/aromatic N) is 1. The highest BCUT2D eigenvalue weighted by Gasteiger charge is 2.21. The lowest BCUT2D eigenvalue weighted by molar-refractivity contribution is -0.385. The number of methoxy groups -OCH3 is 1. The quantitative estimate of drug-likeness (QED) is 0.612. The largest absolute Gasteiger partial charge is 0.490 e. The fraction of sp³-hybridized carbons (Fsp3) is 0.500. The second kappa shape index (κ2) is 6.33. The molecule has 1 rings (SSSR count). The predicted octanol–water partition coefficient (Wildman–Crippen LogP) is 2.17. The van der Waals surface area contributed by atoms with E-state index in [9.17, 15) is 19.6 Å². The van der Waals surface area contributed by atoms with Gasteiger partial charge in [-0.3, -0.25) is 10.1 Å². The van der Waals surface area contributed by atoms with Gasteiger partial charge < -0.3 is 15.2 Å². The summed E-state index contributed by atoms with van der Waals surface area (Å²) in [4.78, 5) is 10.0. The summed E-state index contributed by atoms with van der Waals surface area (Å²) in [6.07, 6.45) is 0. The smallest absolute Gasteiger partial charge is 0.313 e. The highest BCUT2D eigenvalue weighted by atomic mass is 19.1. The predicted molar refractivity (Wildman–Crippen MR) is 68.9 cm³/mol. The molecule has 7 heteroatoms. The van der Waals surface area contributed by atoms with Crippen LogP contribution >= 0.6 is 0 Å². The zero-order valence-electron chi connectivity index (χ0n) is 11.0. The van der Waals surface area contributed by atoms with Gasteiger partial charge in [0.25, 0.3) is 0 Å². The number of hydrogen-bond donors (Lipinski definition) is 2. The van der Waals surface area contributed by atoms with Crippen LogP contribution in [0.2, 0.25) is 0 Å². The average Bonchev–Trinajstić information content (AvgIpc) is 2.36. The van der Waals surface area contributed by atoms with Gasteiger partial charge in [-0.05, 0) is 5.92 Å². The van der Waals surface area contributed by atoms with Crippen LogP contribution in [0.5, 0.6) is 5.75 Å². The second-order valence-corrected chi connectivity index (χ2v) is 4.44. The van der Waals surface area contributed by atoms with Gasteiger partial charge in [-0.25, -0.2) is 4.39 Å². The molecule has 0 aliphatic carbocycles. The molecule has 106 valence electrons. The van der Waals surface area contributed by atoms with Crippen molar-refractivity contribution in [2.24, 2.45) is 5.92 Å². The van der Waals surface area contributed by atoms with E-state index in [2.05, 4.69) is 5.32 Å². The molecule has 6 nitrogen and oxygen atoms in total. The summed E-state index contributed by atoms with van der Waals surface area (Å²) in [5, 5.41) is 22.7. The molecule has 0 spiro atoms. The molecule has 1 unspecified atom stereocenters. The molecular weight excluding hydrogens is 255 g/mol. The molecule has 0 fully saturated rings. The highest BCUT2D eigenvalue weighted by molar-refractivity contribution is 5.59. The lowest BCUT2D eigenvalue weighted by Gasteiger charge is -2.21. The third-order valence-corrected chi connectivity index (χ3v) is 2.81. The topological polar surface area (TPSA) is 84.6 Å². The maximum absolute atomic E-state index is 13.8. The lowest BCUT2D eigenvalue weighted by Crippen LogP contribution is -2.29. The van der Waals surface area contributed by atoms with Crippen molar-refractivity contribution in [3.05, 3.63) is 28.1 Å². The summed E-state index contributed by atoms with van der Waals surface area (Å²) in [7, 11) is 1.27. The number of aliphatic hydroxyl groups excluding tert-OH is 1. The number of aliphatic hydroxyl groups is 1. The van der Waals surface area contributed by atoms with Crippen molar-refractivity contribution in [2.45, 2.75) is 19.9 Å². The van der Waals surface area contributed by atoms with Crippen LogP contribution in [0, 0.1) is 21.8 Å². The molecule has 19 heavy (non-hydrogen) atoms. The molecule has 0 radical (unpaired) electrons. The van der Waals surface area contributed by atoms with Crippen molar-refractivity contribution in [3.8, 4) is 5.75 Å². The van der Waals surface area contributed by atoms with Crippen molar-refractivity contribution in [1.82, 2.24) is 0 Å². The molecule has 0 aliphatic heterocycles. The van der Waals surface area contributed by atoms with Crippen molar-refractivity contribution in [2.75, 3.05) is 19.0 Å². The number of nitrogens with one attached hydrogen (secondary N) is 1. The van der Waals surface area contributed by atoms with Gasteiger partial charge in [0.05, 0.1) is 36.4 Å². The minimum absolute atomic E-state index is 0.0330. The molecule has 0 aromatic heterocycles. The average molecular weight is 272 g/mol. The van der Waals surface area contributed by atoms with E-state index in [4.69, 9.17) is 4.74 Å². The molecule has 0 saturated carbocycles. The van der Waals surface area contributed by atoms with Gasteiger partial charge in [-0.1, -0.05) is 13.8 Å². The Morgan fingerprint density at radius 3 is 2.58 bits per heavy atom. The number of benzene rings is 1. The number of anilines is 1. The summed E-state index contributed by atoms with van der Waals surface area (Å²) in [6.45, 7) is 3.57. The van der Waals surface area contributed by atoms with E-state index in [1.807, 2.05) is 13.8 Å².